The summed E-state index contributed by atoms with van der Waals surface area (Å²) < 4.78 is 31.4. The van der Waals surface area contributed by atoms with Crippen molar-refractivity contribution >= 4 is 15.9 Å². The fourth-order valence-corrected chi connectivity index (χ4v) is 2.01. The van der Waals surface area contributed by atoms with Crippen molar-refractivity contribution in [1.82, 2.24) is 15.5 Å². The Bertz CT molecular complexity index is 574. The van der Waals surface area contributed by atoms with Crippen molar-refractivity contribution in [2.24, 2.45) is 0 Å². The van der Waals surface area contributed by atoms with Crippen molar-refractivity contribution in [3.8, 4) is 11.4 Å². The minimum Gasteiger partial charge on any atom is -0.338 e. The van der Waals surface area contributed by atoms with Crippen LogP contribution in [0.5, 0.6) is 0 Å². The first-order valence-electron chi connectivity index (χ1n) is 5.80. The topological polar surface area (TPSA) is 51.0 Å². The van der Waals surface area contributed by atoms with Crippen LogP contribution in [-0.2, 0) is 6.54 Å². The molecule has 4 nitrogen and oxygen atoms in total. The second-order valence-corrected chi connectivity index (χ2v) is 4.70. The van der Waals surface area contributed by atoms with Crippen molar-refractivity contribution < 1.29 is 13.3 Å². The highest BCUT2D eigenvalue weighted by Crippen LogP contribution is 2.29. The smallest absolute Gasteiger partial charge is 0.240 e. The minimum atomic E-state index is -0.965. The monoisotopic (exact) mass is 331 g/mol. The highest BCUT2D eigenvalue weighted by atomic mass is 79.9. The van der Waals surface area contributed by atoms with E-state index < -0.39 is 11.6 Å². The van der Waals surface area contributed by atoms with Crippen LogP contribution in [0.4, 0.5) is 8.78 Å². The molecule has 0 bridgehead atoms. The summed E-state index contributed by atoms with van der Waals surface area (Å²) in [5, 5.41) is 6.86. The van der Waals surface area contributed by atoms with E-state index in [4.69, 9.17) is 4.52 Å². The Morgan fingerprint density at radius 2 is 2.16 bits per heavy atom. The van der Waals surface area contributed by atoms with Gasteiger partial charge in [0.25, 0.3) is 0 Å². The molecular formula is C12H12BrF2N3O. The number of benzene rings is 1. The van der Waals surface area contributed by atoms with Crippen molar-refractivity contribution in [3.05, 3.63) is 34.1 Å². The molecule has 0 fully saturated rings. The SMILES string of the molecule is CCCNCc1nc(-c2ccc(F)c(F)c2Br)no1. The average Bonchev–Trinajstić information content (AvgIpc) is 2.85. The first kappa shape index (κ1) is 14.1. The van der Waals surface area contributed by atoms with E-state index in [0.717, 1.165) is 19.0 Å². The van der Waals surface area contributed by atoms with E-state index in [2.05, 4.69) is 31.4 Å². The predicted octanol–water partition coefficient (Wildman–Crippen LogP) is 3.28. The van der Waals surface area contributed by atoms with E-state index in [1.165, 1.54) is 6.07 Å². The molecule has 0 aliphatic carbocycles. The summed E-state index contributed by atoms with van der Waals surface area (Å²) in [7, 11) is 0. The van der Waals surface area contributed by atoms with Gasteiger partial charge in [0.05, 0.1) is 11.0 Å². The Labute approximate surface area is 117 Å². The largest absolute Gasteiger partial charge is 0.338 e. The highest BCUT2D eigenvalue weighted by molar-refractivity contribution is 9.10. The standard InChI is InChI=1S/C12H12BrF2N3O/c1-2-5-16-6-9-17-12(18-19-9)7-3-4-8(14)11(15)10(7)13/h3-4,16H,2,5-6H2,1H3. The molecule has 0 aliphatic heterocycles. The normalized spacial score (nSPS) is 10.9. The van der Waals surface area contributed by atoms with Gasteiger partial charge >= 0.3 is 0 Å². The molecule has 2 rings (SSSR count). The molecule has 1 N–H and O–H groups in total. The summed E-state index contributed by atoms with van der Waals surface area (Å²) in [6, 6.07) is 2.43. The lowest BCUT2D eigenvalue weighted by Crippen LogP contribution is -2.13. The number of hydrogen-bond acceptors (Lipinski definition) is 4. The van der Waals surface area contributed by atoms with E-state index in [1.807, 2.05) is 6.92 Å². The van der Waals surface area contributed by atoms with Crippen LogP contribution in [0.2, 0.25) is 0 Å². The van der Waals surface area contributed by atoms with Crippen LogP contribution in [0.3, 0.4) is 0 Å². The molecule has 0 saturated heterocycles. The molecule has 1 heterocycles. The summed E-state index contributed by atoms with van der Waals surface area (Å²) >= 11 is 2.99. The van der Waals surface area contributed by atoms with E-state index >= 15 is 0 Å². The second kappa shape index (κ2) is 6.21. The molecule has 0 radical (unpaired) electrons. The lowest BCUT2D eigenvalue weighted by Gasteiger charge is -2.01. The highest BCUT2D eigenvalue weighted by Gasteiger charge is 2.16. The number of hydrogen-bond donors (Lipinski definition) is 1. The van der Waals surface area contributed by atoms with Gasteiger partial charge in [-0.3, -0.25) is 0 Å². The Balaban J connectivity index is 2.21. The molecule has 0 spiro atoms. The molecule has 0 saturated carbocycles. The third-order valence-corrected chi connectivity index (χ3v) is 3.22. The van der Waals surface area contributed by atoms with Gasteiger partial charge in [-0.1, -0.05) is 12.1 Å². The summed E-state index contributed by atoms with van der Waals surface area (Å²) in [5.41, 5.74) is 0.351. The first-order valence-corrected chi connectivity index (χ1v) is 6.60. The molecular weight excluding hydrogens is 320 g/mol. The van der Waals surface area contributed by atoms with Crippen LogP contribution in [0.1, 0.15) is 19.2 Å². The van der Waals surface area contributed by atoms with Gasteiger partial charge in [0.1, 0.15) is 0 Å². The Kier molecular flexibility index (Phi) is 4.60. The van der Waals surface area contributed by atoms with E-state index in [1.54, 1.807) is 0 Å². The summed E-state index contributed by atoms with van der Waals surface area (Å²) in [5.74, 6) is -1.27. The Morgan fingerprint density at radius 1 is 1.37 bits per heavy atom. The van der Waals surface area contributed by atoms with Crippen LogP contribution in [0.15, 0.2) is 21.1 Å². The zero-order chi connectivity index (χ0) is 13.8. The summed E-state index contributed by atoms with van der Waals surface area (Å²) in [6.07, 6.45) is 0.996. The van der Waals surface area contributed by atoms with E-state index in [-0.39, 0.29) is 10.3 Å². The fraction of sp³-hybridized carbons (Fsp3) is 0.333. The third-order valence-electron chi connectivity index (χ3n) is 2.45. The van der Waals surface area contributed by atoms with Crippen LogP contribution in [0, 0.1) is 11.6 Å². The van der Waals surface area contributed by atoms with Crippen molar-refractivity contribution in [2.45, 2.75) is 19.9 Å². The molecule has 7 heteroatoms. The maximum Gasteiger partial charge on any atom is 0.240 e. The number of aromatic nitrogens is 2. The molecule has 0 aliphatic rings. The Morgan fingerprint density at radius 3 is 2.89 bits per heavy atom. The number of nitrogens with zero attached hydrogens (tertiary/aromatic N) is 2. The quantitative estimate of drug-likeness (QED) is 0.674. The first-order chi connectivity index (χ1) is 9.13. The zero-order valence-corrected chi connectivity index (χ0v) is 11.8. The minimum absolute atomic E-state index is 0.0126. The van der Waals surface area contributed by atoms with Crippen LogP contribution in [0.25, 0.3) is 11.4 Å². The van der Waals surface area contributed by atoms with Gasteiger partial charge in [-0.15, -0.1) is 0 Å². The molecule has 0 unspecified atom stereocenters. The number of nitrogens with one attached hydrogen (secondary N) is 1. The van der Waals surface area contributed by atoms with Crippen LogP contribution in [-0.4, -0.2) is 16.7 Å². The van der Waals surface area contributed by atoms with E-state index in [9.17, 15) is 8.78 Å². The van der Waals surface area contributed by atoms with Crippen molar-refractivity contribution in [2.75, 3.05) is 6.54 Å². The summed E-state index contributed by atoms with van der Waals surface area (Å²) in [6.45, 7) is 3.33. The molecule has 102 valence electrons. The lowest BCUT2D eigenvalue weighted by molar-refractivity contribution is 0.368. The predicted molar refractivity (Wildman–Crippen MR) is 69.3 cm³/mol. The molecule has 2 aromatic rings. The summed E-state index contributed by atoms with van der Waals surface area (Å²) in [4.78, 5) is 4.12. The van der Waals surface area contributed by atoms with Crippen LogP contribution >= 0.6 is 15.9 Å². The molecule has 1 aromatic carbocycles. The third kappa shape index (κ3) is 3.16. The average molecular weight is 332 g/mol. The molecule has 1 aromatic heterocycles. The van der Waals surface area contributed by atoms with Gasteiger partial charge in [0.2, 0.25) is 11.7 Å². The number of rotatable bonds is 5. The number of halogens is 3. The molecule has 0 atom stereocenters. The van der Waals surface area contributed by atoms with Gasteiger partial charge in [-0.05, 0) is 41.0 Å². The maximum absolute atomic E-state index is 13.4. The van der Waals surface area contributed by atoms with E-state index in [0.29, 0.717) is 18.0 Å². The van der Waals surface area contributed by atoms with Gasteiger partial charge < -0.3 is 9.84 Å². The molecule has 0 amide bonds. The van der Waals surface area contributed by atoms with Crippen molar-refractivity contribution in [3.63, 3.8) is 0 Å². The van der Waals surface area contributed by atoms with Crippen molar-refractivity contribution in [1.29, 1.82) is 0 Å². The second-order valence-electron chi connectivity index (χ2n) is 3.91. The zero-order valence-electron chi connectivity index (χ0n) is 10.2. The van der Waals surface area contributed by atoms with Gasteiger partial charge in [0.15, 0.2) is 11.6 Å². The molecule has 19 heavy (non-hydrogen) atoms. The lowest BCUT2D eigenvalue weighted by atomic mass is 10.2. The Hall–Kier alpha value is -1.34. The van der Waals surface area contributed by atoms with Crippen LogP contribution < -0.4 is 5.32 Å². The maximum atomic E-state index is 13.4. The van der Waals surface area contributed by atoms with Gasteiger partial charge in [0, 0.05) is 5.56 Å². The van der Waals surface area contributed by atoms with Gasteiger partial charge in [-0.2, -0.15) is 4.98 Å². The van der Waals surface area contributed by atoms with Gasteiger partial charge in [-0.25, -0.2) is 8.78 Å². The fourth-order valence-electron chi connectivity index (χ4n) is 1.51.